The van der Waals surface area contributed by atoms with Crippen molar-refractivity contribution < 1.29 is 9.59 Å². The standard InChI is InChI=1S/C26H24N4O2/c1-18-9-5-6-12-20(18)27-24(31)17-23-25(32)29(16-15-19-10-3-2-4-11-19)26-28-21-13-7-8-14-22(21)30(23)26/h2-14,23H,15-17H2,1H3,(H,27,31)/t23-/m0/s1. The fourth-order valence-corrected chi connectivity index (χ4v) is 4.28. The van der Waals surface area contributed by atoms with Gasteiger partial charge in [0, 0.05) is 12.2 Å². The molecule has 4 aromatic rings. The van der Waals surface area contributed by atoms with E-state index in [4.69, 9.17) is 4.98 Å². The monoisotopic (exact) mass is 424 g/mol. The quantitative estimate of drug-likeness (QED) is 0.495. The number of amides is 2. The first-order valence-electron chi connectivity index (χ1n) is 10.8. The summed E-state index contributed by atoms with van der Waals surface area (Å²) in [6, 6.07) is 24.8. The van der Waals surface area contributed by atoms with E-state index in [1.165, 1.54) is 0 Å². The number of rotatable bonds is 6. The maximum absolute atomic E-state index is 13.4. The molecule has 0 saturated carbocycles. The van der Waals surface area contributed by atoms with Crippen molar-refractivity contribution in [3.63, 3.8) is 0 Å². The van der Waals surface area contributed by atoms with Crippen molar-refractivity contribution in [2.24, 2.45) is 0 Å². The van der Waals surface area contributed by atoms with Gasteiger partial charge in [-0.1, -0.05) is 60.7 Å². The second-order valence-corrected chi connectivity index (χ2v) is 8.08. The number of aryl methyl sites for hydroxylation is 1. The molecule has 0 bridgehead atoms. The van der Waals surface area contributed by atoms with Gasteiger partial charge in [-0.05, 0) is 42.7 Å². The molecule has 1 aromatic heterocycles. The second kappa shape index (κ2) is 8.30. The number of fused-ring (bicyclic) bond motifs is 3. The first-order chi connectivity index (χ1) is 15.6. The molecule has 2 amide bonds. The molecule has 0 fully saturated rings. The van der Waals surface area contributed by atoms with E-state index in [9.17, 15) is 9.59 Å². The number of carbonyl (C=O) groups excluding carboxylic acids is 2. The summed E-state index contributed by atoms with van der Waals surface area (Å²) >= 11 is 0. The highest BCUT2D eigenvalue weighted by Crippen LogP contribution is 2.36. The van der Waals surface area contributed by atoms with Crippen molar-refractivity contribution in [2.75, 3.05) is 16.8 Å². The highest BCUT2D eigenvalue weighted by atomic mass is 16.2. The Hall–Kier alpha value is -3.93. The van der Waals surface area contributed by atoms with Crippen molar-refractivity contribution >= 4 is 34.5 Å². The zero-order valence-corrected chi connectivity index (χ0v) is 17.9. The number of para-hydroxylation sites is 3. The van der Waals surface area contributed by atoms with E-state index >= 15 is 0 Å². The normalized spacial score (nSPS) is 15.2. The van der Waals surface area contributed by atoms with Crippen LogP contribution in [0.1, 0.15) is 23.6 Å². The maximum atomic E-state index is 13.4. The lowest BCUT2D eigenvalue weighted by Crippen LogP contribution is -2.33. The van der Waals surface area contributed by atoms with E-state index < -0.39 is 6.04 Å². The Morgan fingerprint density at radius 1 is 0.969 bits per heavy atom. The summed E-state index contributed by atoms with van der Waals surface area (Å²) in [5.74, 6) is 0.334. The van der Waals surface area contributed by atoms with Gasteiger partial charge in [-0.3, -0.25) is 19.1 Å². The van der Waals surface area contributed by atoms with E-state index in [1.807, 2.05) is 78.2 Å². The van der Waals surface area contributed by atoms with Gasteiger partial charge in [-0.15, -0.1) is 0 Å². The van der Waals surface area contributed by atoms with Gasteiger partial charge in [-0.2, -0.15) is 0 Å². The fraction of sp³-hybridized carbons (Fsp3) is 0.192. The minimum Gasteiger partial charge on any atom is -0.326 e. The Balaban J connectivity index is 1.43. The molecule has 3 aromatic carbocycles. The number of carbonyl (C=O) groups is 2. The van der Waals surface area contributed by atoms with Gasteiger partial charge in [0.1, 0.15) is 6.04 Å². The minimum absolute atomic E-state index is 0.0579. The van der Waals surface area contributed by atoms with Crippen molar-refractivity contribution in [1.29, 1.82) is 0 Å². The fourth-order valence-electron chi connectivity index (χ4n) is 4.28. The number of aromatic nitrogens is 2. The molecule has 32 heavy (non-hydrogen) atoms. The van der Waals surface area contributed by atoms with Gasteiger partial charge in [0.25, 0.3) is 5.91 Å². The molecule has 1 atom stereocenters. The van der Waals surface area contributed by atoms with Gasteiger partial charge < -0.3 is 5.32 Å². The Kier molecular flexibility index (Phi) is 5.19. The number of hydrogen-bond acceptors (Lipinski definition) is 3. The van der Waals surface area contributed by atoms with E-state index in [0.717, 1.165) is 34.3 Å². The van der Waals surface area contributed by atoms with E-state index in [0.29, 0.717) is 12.5 Å². The Labute approximate surface area is 186 Å². The topological polar surface area (TPSA) is 67.2 Å². The van der Waals surface area contributed by atoms with Gasteiger partial charge in [-0.25, -0.2) is 4.98 Å². The molecule has 6 nitrogen and oxygen atoms in total. The van der Waals surface area contributed by atoms with E-state index in [-0.39, 0.29) is 18.2 Å². The van der Waals surface area contributed by atoms with Gasteiger partial charge in [0.15, 0.2) is 0 Å². The van der Waals surface area contributed by atoms with Crippen LogP contribution in [0.2, 0.25) is 0 Å². The van der Waals surface area contributed by atoms with Gasteiger partial charge in [0.2, 0.25) is 11.9 Å². The zero-order valence-electron chi connectivity index (χ0n) is 17.9. The second-order valence-electron chi connectivity index (χ2n) is 8.08. The molecule has 0 saturated heterocycles. The van der Waals surface area contributed by atoms with Crippen LogP contribution < -0.4 is 10.2 Å². The predicted octanol–water partition coefficient (Wildman–Crippen LogP) is 4.50. The molecule has 0 spiro atoms. The summed E-state index contributed by atoms with van der Waals surface area (Å²) in [5, 5.41) is 2.96. The van der Waals surface area contributed by atoms with Crippen LogP contribution in [-0.4, -0.2) is 27.9 Å². The minimum atomic E-state index is -0.614. The van der Waals surface area contributed by atoms with Crippen LogP contribution in [0.15, 0.2) is 78.9 Å². The summed E-state index contributed by atoms with van der Waals surface area (Å²) in [5.41, 5.74) is 4.59. The number of hydrogen-bond donors (Lipinski definition) is 1. The molecular weight excluding hydrogens is 400 g/mol. The first kappa shape index (κ1) is 20.0. The third kappa shape index (κ3) is 3.64. The van der Waals surface area contributed by atoms with Crippen molar-refractivity contribution in [3.05, 3.63) is 90.0 Å². The summed E-state index contributed by atoms with van der Waals surface area (Å²) in [6.07, 6.45) is 0.778. The molecule has 1 aliphatic heterocycles. The molecule has 5 rings (SSSR count). The highest BCUT2D eigenvalue weighted by molar-refractivity contribution is 6.05. The number of anilines is 2. The van der Waals surface area contributed by atoms with Crippen LogP contribution in [0.4, 0.5) is 11.6 Å². The maximum Gasteiger partial charge on any atom is 0.253 e. The molecule has 0 aliphatic carbocycles. The molecule has 2 heterocycles. The van der Waals surface area contributed by atoms with Crippen molar-refractivity contribution in [3.8, 4) is 0 Å². The van der Waals surface area contributed by atoms with Crippen molar-refractivity contribution in [1.82, 2.24) is 9.55 Å². The first-order valence-corrected chi connectivity index (χ1v) is 10.8. The summed E-state index contributed by atoms with van der Waals surface area (Å²) in [6.45, 7) is 2.46. The number of benzene rings is 3. The molecule has 160 valence electrons. The van der Waals surface area contributed by atoms with Gasteiger partial charge >= 0.3 is 0 Å². The number of nitrogens with zero attached hydrogens (tertiary/aromatic N) is 3. The number of nitrogens with one attached hydrogen (secondary N) is 1. The molecule has 6 heteroatoms. The predicted molar refractivity (Wildman–Crippen MR) is 126 cm³/mol. The van der Waals surface area contributed by atoms with Gasteiger partial charge in [0.05, 0.1) is 17.5 Å². The lowest BCUT2D eigenvalue weighted by atomic mass is 10.1. The van der Waals surface area contributed by atoms with Crippen LogP contribution in [0.5, 0.6) is 0 Å². The van der Waals surface area contributed by atoms with E-state index in [1.54, 1.807) is 4.90 Å². The highest BCUT2D eigenvalue weighted by Gasteiger charge is 2.40. The zero-order chi connectivity index (χ0) is 22.1. The smallest absolute Gasteiger partial charge is 0.253 e. The average molecular weight is 425 g/mol. The summed E-state index contributed by atoms with van der Waals surface area (Å²) < 4.78 is 1.92. The van der Waals surface area contributed by atoms with Crippen molar-refractivity contribution in [2.45, 2.75) is 25.8 Å². The summed E-state index contributed by atoms with van der Waals surface area (Å²) in [7, 11) is 0. The largest absolute Gasteiger partial charge is 0.326 e. The Morgan fingerprint density at radius 2 is 1.69 bits per heavy atom. The third-order valence-electron chi connectivity index (χ3n) is 5.95. The molecule has 1 aliphatic rings. The number of imidazole rings is 1. The Bertz CT molecular complexity index is 1300. The Morgan fingerprint density at radius 3 is 2.50 bits per heavy atom. The lowest BCUT2D eigenvalue weighted by molar-refractivity contribution is -0.124. The van der Waals surface area contributed by atoms with Crippen LogP contribution in [-0.2, 0) is 16.0 Å². The lowest BCUT2D eigenvalue weighted by Gasteiger charge is -2.16. The van der Waals surface area contributed by atoms with Crippen LogP contribution in [0.3, 0.4) is 0 Å². The molecule has 1 N–H and O–H groups in total. The SMILES string of the molecule is Cc1ccccc1NC(=O)C[C@H]1C(=O)N(CCc2ccccc2)c2nc3ccccc3n21. The average Bonchev–Trinajstić information content (AvgIpc) is 3.29. The van der Waals surface area contributed by atoms with Crippen LogP contribution in [0.25, 0.3) is 11.0 Å². The molecule has 0 radical (unpaired) electrons. The molecule has 0 unspecified atom stereocenters. The van der Waals surface area contributed by atoms with Crippen LogP contribution in [0, 0.1) is 6.92 Å². The molecular formula is C26H24N4O2. The van der Waals surface area contributed by atoms with Crippen LogP contribution >= 0.6 is 0 Å². The van der Waals surface area contributed by atoms with E-state index in [2.05, 4.69) is 17.4 Å². The summed E-state index contributed by atoms with van der Waals surface area (Å²) in [4.78, 5) is 32.8. The third-order valence-corrected chi connectivity index (χ3v) is 5.95.